The molecule has 0 spiro atoms. The van der Waals surface area contributed by atoms with Crippen LogP contribution >= 0.6 is 0 Å². The Labute approximate surface area is 522 Å². The Morgan fingerprint density at radius 2 is 1.07 bits per heavy atom. The summed E-state index contributed by atoms with van der Waals surface area (Å²) in [5.74, 6) is -11.1. The number of cyclic esters (lactones) is 2. The predicted octanol–water partition coefficient (Wildman–Crippen LogP) is 2.84. The Balaban J connectivity index is 1.32. The van der Waals surface area contributed by atoms with Crippen molar-refractivity contribution >= 4 is 76.0 Å². The van der Waals surface area contributed by atoms with E-state index in [1.165, 1.54) is 61.7 Å². The van der Waals surface area contributed by atoms with E-state index in [0.717, 1.165) is 4.90 Å². The lowest BCUT2D eigenvalue weighted by molar-refractivity contribution is -0.631. The van der Waals surface area contributed by atoms with Gasteiger partial charge in [0.1, 0.15) is 59.7 Å². The molecule has 4 saturated heterocycles. The zero-order chi connectivity index (χ0) is 67.0. The molecule has 8 amide bonds. The molecule has 0 aromatic heterocycles. The first kappa shape index (κ1) is 69.0. The molecule has 6 N–H and O–H groups in total. The third-order valence-electron chi connectivity index (χ3n) is 17.8. The summed E-state index contributed by atoms with van der Waals surface area (Å²) in [6.45, 7) is 22.4. The number of amides is 8. The number of aromatic nitrogens is 1. The SMILES string of the molecule is Cc1c2oc3c(C)ccc(C(=O)NC4C(=O)NC(C(C)C)C(=O)N5CCCC5[N+](=O)C(C)CC(=O)N(C)C(C(C)C)C(=O)OC4C)c3nc-2c(C(=O)NC2C(=O)NC(C(C)C)C(=O)N3CCCC3[N+](=O)C(C)CC(=O)N(C)C(C(C)C)C(=O)OC2C)c(N)c1=O. The number of benzene rings is 2. The van der Waals surface area contributed by atoms with Crippen molar-refractivity contribution in [3.05, 3.63) is 54.4 Å². The van der Waals surface area contributed by atoms with Gasteiger partial charge in [-0.25, -0.2) is 14.6 Å². The van der Waals surface area contributed by atoms with Gasteiger partial charge in [0.25, 0.3) is 36.0 Å². The lowest BCUT2D eigenvalue weighted by Gasteiger charge is -2.34. The van der Waals surface area contributed by atoms with Gasteiger partial charge < -0.3 is 50.7 Å². The predicted molar refractivity (Wildman–Crippen MR) is 326 cm³/mol. The van der Waals surface area contributed by atoms with E-state index in [1.807, 2.05) is 0 Å². The molecular weight excluding hydrogens is 1170 g/mol. The first-order valence-electron chi connectivity index (χ1n) is 30.9. The van der Waals surface area contributed by atoms with Crippen molar-refractivity contribution in [2.45, 2.75) is 208 Å². The maximum Gasteiger partial charge on any atom is 0.329 e. The van der Waals surface area contributed by atoms with E-state index >= 15 is 9.59 Å². The molecule has 490 valence electrons. The number of esters is 2. The van der Waals surface area contributed by atoms with Gasteiger partial charge in [0.05, 0.1) is 29.7 Å². The summed E-state index contributed by atoms with van der Waals surface area (Å²) in [6.07, 6.45) is -4.20. The summed E-state index contributed by atoms with van der Waals surface area (Å²) in [7, 11) is 2.77. The number of nitrogens with two attached hydrogens (primary N) is 1. The average Bonchev–Trinajstić information content (AvgIpc) is 0.893. The number of nitroso groups, excluding NO2 is 2. The van der Waals surface area contributed by atoms with Crippen LogP contribution in [0.2, 0.25) is 0 Å². The van der Waals surface area contributed by atoms with E-state index in [2.05, 4.69) is 21.3 Å². The average molecular weight is 1260 g/mol. The number of aryl methyl sites for hydroxylation is 1. The first-order chi connectivity index (χ1) is 42.1. The van der Waals surface area contributed by atoms with Gasteiger partial charge >= 0.3 is 11.9 Å². The van der Waals surface area contributed by atoms with E-state index < -0.39 is 178 Å². The topological polar surface area (TPSA) is 360 Å². The molecule has 5 heterocycles. The Hall–Kier alpha value is -8.46. The number of carbonyl (C=O) groups excluding carboxylic acids is 10. The molecule has 4 fully saturated rings. The molecule has 7 rings (SSSR count). The standard InChI is InChI=1S/C62H86N12O16/c1-27(2)44-59(82)71-23-17-19-38(71)73(86)32(10)25-40(75)69(15)50(29(5)6)61(84)88-35(13)46(57(80)65-44)67-55(78)37-22-21-31(9)53-48(37)64-49-42(43(63)52(77)34(12)54(49)90-53)56(79)68-47-36(14)89-62(85)51(30(7)8)70(16)41(76)26-33(11)74(87)39-20-18-24-72(39)60(83)45(28(3)4)66-58(47)81/h21-22,27-30,32-33,35-36,38-39,44-47,50-51H,17-20,23-26H2,1-16H3,(H4-2,63,64,65,66,67,68,78,79,80,81)/p+2. The maximum atomic E-state index is 15.2. The van der Waals surface area contributed by atoms with Crippen LogP contribution in [-0.2, 0) is 47.8 Å². The van der Waals surface area contributed by atoms with Crippen molar-refractivity contribution < 1.29 is 71.4 Å². The van der Waals surface area contributed by atoms with Crippen molar-refractivity contribution in [1.82, 2.24) is 45.9 Å². The molecular formula is C62H88N12O16+2. The maximum absolute atomic E-state index is 15.2. The summed E-state index contributed by atoms with van der Waals surface area (Å²) in [5.41, 5.74) is 3.59. The Kier molecular flexibility index (Phi) is 21.3. The minimum Gasteiger partial charge on any atom is -0.458 e. The number of anilines is 1. The third kappa shape index (κ3) is 13.8. The summed E-state index contributed by atoms with van der Waals surface area (Å²) in [6, 6.07) is -7.72. The van der Waals surface area contributed by atoms with Gasteiger partial charge in [-0.05, 0) is 75.8 Å². The number of nitrogen functional groups attached to an aromatic ring is 1. The quantitative estimate of drug-likeness (QED) is 0.0937. The fourth-order valence-corrected chi connectivity index (χ4v) is 12.5. The number of likely N-dealkylation sites (N-methyl/N-ethyl adjacent to an activating group) is 2. The van der Waals surface area contributed by atoms with Crippen LogP contribution in [0.5, 0.6) is 0 Å². The second kappa shape index (κ2) is 27.7. The van der Waals surface area contributed by atoms with Crippen LogP contribution in [0.4, 0.5) is 5.69 Å². The molecule has 0 bridgehead atoms. The van der Waals surface area contributed by atoms with Gasteiger partial charge in [-0.2, -0.15) is 0 Å². The highest BCUT2D eigenvalue weighted by molar-refractivity contribution is 6.10. The lowest BCUT2D eigenvalue weighted by Crippen LogP contribution is -2.61. The van der Waals surface area contributed by atoms with Crippen molar-refractivity contribution in [1.29, 1.82) is 0 Å². The number of carbonyl (C=O) groups is 10. The normalized spacial score (nSPS) is 27.8. The molecule has 5 aliphatic heterocycles. The van der Waals surface area contributed by atoms with Crippen molar-refractivity contribution in [3.63, 3.8) is 0 Å². The number of hydrogen-bond donors (Lipinski definition) is 5. The Bertz CT molecular complexity index is 3420. The van der Waals surface area contributed by atoms with Crippen LogP contribution in [0, 0.1) is 47.3 Å². The number of ether oxygens (including phenoxy) is 2. The number of rotatable bonds is 8. The van der Waals surface area contributed by atoms with Crippen LogP contribution in [0.25, 0.3) is 22.6 Å². The molecule has 12 atom stereocenters. The van der Waals surface area contributed by atoms with Crippen LogP contribution < -0.4 is 32.4 Å². The molecule has 1 aliphatic carbocycles. The van der Waals surface area contributed by atoms with Crippen LogP contribution in [0.15, 0.2) is 21.3 Å². The van der Waals surface area contributed by atoms with Crippen molar-refractivity contribution in [3.8, 4) is 11.5 Å². The van der Waals surface area contributed by atoms with E-state index in [4.69, 9.17) is 24.6 Å². The molecule has 0 saturated carbocycles. The second-order valence-corrected chi connectivity index (χ2v) is 25.9. The molecule has 6 aliphatic rings. The summed E-state index contributed by atoms with van der Waals surface area (Å²) < 4.78 is 19.7. The molecule has 1 aromatic rings. The van der Waals surface area contributed by atoms with Crippen LogP contribution in [0.3, 0.4) is 0 Å². The molecule has 0 radical (unpaired) electrons. The van der Waals surface area contributed by atoms with Crippen LogP contribution in [0.1, 0.15) is 153 Å². The number of nitrogens with one attached hydrogen (secondary N) is 4. The monoisotopic (exact) mass is 1260 g/mol. The highest BCUT2D eigenvalue weighted by atomic mass is 16.6. The van der Waals surface area contributed by atoms with Gasteiger partial charge in [-0.1, -0.05) is 61.5 Å². The van der Waals surface area contributed by atoms with E-state index in [9.17, 15) is 53.0 Å². The summed E-state index contributed by atoms with van der Waals surface area (Å²) in [4.78, 5) is 197. The minimum absolute atomic E-state index is 0.0738. The summed E-state index contributed by atoms with van der Waals surface area (Å²) >= 11 is 0. The van der Waals surface area contributed by atoms with Gasteiger partial charge in [0, 0.05) is 78.8 Å². The fraction of sp³-hybridized carbons (Fsp3) is 0.645. The smallest absolute Gasteiger partial charge is 0.329 e. The molecule has 28 nitrogen and oxygen atoms in total. The highest BCUT2D eigenvalue weighted by Gasteiger charge is 2.50. The number of nitrogens with zero attached hydrogens (tertiary/aromatic N) is 7. The minimum atomic E-state index is -1.88. The third-order valence-corrected chi connectivity index (χ3v) is 17.8. The van der Waals surface area contributed by atoms with E-state index in [0.29, 0.717) is 27.9 Å². The zero-order valence-electron chi connectivity index (χ0n) is 54.3. The van der Waals surface area contributed by atoms with Gasteiger partial charge in [0.15, 0.2) is 11.3 Å². The Morgan fingerprint density at radius 1 is 0.644 bits per heavy atom. The van der Waals surface area contributed by atoms with Crippen LogP contribution in [-0.4, -0.2) is 193 Å². The van der Waals surface area contributed by atoms with Crippen molar-refractivity contribution in [2.24, 2.45) is 23.7 Å². The zero-order valence-corrected chi connectivity index (χ0v) is 54.3. The van der Waals surface area contributed by atoms with E-state index in [-0.39, 0.29) is 66.8 Å². The largest absolute Gasteiger partial charge is 0.458 e. The van der Waals surface area contributed by atoms with Crippen molar-refractivity contribution in [2.75, 3.05) is 32.9 Å². The highest BCUT2D eigenvalue weighted by Crippen LogP contribution is 2.35. The number of hydrogen-bond acceptors (Lipinski definition) is 18. The number of fused-ring (bicyclic) bond motifs is 4. The first-order valence-corrected chi connectivity index (χ1v) is 30.9. The van der Waals surface area contributed by atoms with Gasteiger partial charge in [0.2, 0.25) is 41.1 Å². The Morgan fingerprint density at radius 3 is 1.48 bits per heavy atom. The molecule has 1 aromatic carbocycles. The fourth-order valence-electron chi connectivity index (χ4n) is 12.5. The molecule has 90 heavy (non-hydrogen) atoms. The molecule has 28 heteroatoms. The van der Waals surface area contributed by atoms with Gasteiger partial charge in [-0.15, -0.1) is 0 Å². The van der Waals surface area contributed by atoms with E-state index in [1.54, 1.807) is 76.2 Å². The summed E-state index contributed by atoms with van der Waals surface area (Å²) in [5, 5.41) is 10.7. The van der Waals surface area contributed by atoms with Gasteiger partial charge in [-0.3, -0.25) is 53.0 Å². The second-order valence-electron chi connectivity index (χ2n) is 25.9. The molecule has 12 unspecified atom stereocenters. The lowest BCUT2D eigenvalue weighted by atomic mass is 9.98.